The predicted molar refractivity (Wildman–Crippen MR) is 54.4 cm³/mol. The van der Waals surface area contributed by atoms with E-state index in [-0.39, 0.29) is 0 Å². The zero-order valence-corrected chi connectivity index (χ0v) is 7.85. The summed E-state index contributed by atoms with van der Waals surface area (Å²) in [6, 6.07) is 6.42. The topological polar surface area (TPSA) is 12.0 Å². The van der Waals surface area contributed by atoms with Gasteiger partial charge in [0.05, 0.1) is 0 Å². The number of aryl methyl sites for hydroxylation is 2. The van der Waals surface area contributed by atoms with Gasteiger partial charge in [0.1, 0.15) is 0 Å². The molecule has 1 heteroatoms. The maximum Gasteiger partial charge on any atom is 0.0342 e. The van der Waals surface area contributed by atoms with Gasteiger partial charge in [-0.2, -0.15) is 0 Å². The van der Waals surface area contributed by atoms with Gasteiger partial charge in [0.25, 0.3) is 0 Å². The van der Waals surface area contributed by atoms with E-state index in [9.17, 15) is 0 Å². The van der Waals surface area contributed by atoms with Crippen molar-refractivity contribution in [2.24, 2.45) is 0 Å². The Bertz CT molecular complexity index is 253. The molecule has 0 saturated heterocycles. The lowest BCUT2D eigenvalue weighted by Gasteiger charge is -2.06. The molecule has 0 aromatic heterocycles. The van der Waals surface area contributed by atoms with Crippen molar-refractivity contribution in [2.75, 3.05) is 11.9 Å². The van der Waals surface area contributed by atoms with Crippen molar-refractivity contribution in [3.05, 3.63) is 36.2 Å². The Morgan fingerprint density at radius 2 is 2.00 bits per heavy atom. The van der Waals surface area contributed by atoms with E-state index in [1.807, 2.05) is 0 Å². The molecule has 0 unspecified atom stereocenters. The lowest BCUT2D eigenvalue weighted by molar-refractivity contribution is 1.06. The maximum absolute atomic E-state index is 3.78. The smallest absolute Gasteiger partial charge is 0.0342 e. The first-order valence-corrected chi connectivity index (χ1v) is 4.34. The first-order valence-electron chi connectivity index (χ1n) is 4.34. The highest BCUT2D eigenvalue weighted by Gasteiger charge is 1.93. The van der Waals surface area contributed by atoms with E-state index in [0.717, 1.165) is 13.0 Å². The van der Waals surface area contributed by atoms with E-state index in [0.29, 0.717) is 0 Å². The molecule has 0 fully saturated rings. The second-order valence-corrected chi connectivity index (χ2v) is 3.08. The molecule has 0 aliphatic carbocycles. The molecule has 0 saturated carbocycles. The average Bonchev–Trinajstić information content (AvgIpc) is 2.07. The van der Waals surface area contributed by atoms with Crippen LogP contribution in [0.5, 0.6) is 0 Å². The molecule has 0 heterocycles. The number of rotatable bonds is 3. The van der Waals surface area contributed by atoms with Gasteiger partial charge in [-0.1, -0.05) is 13.0 Å². The zero-order chi connectivity index (χ0) is 8.97. The minimum Gasteiger partial charge on any atom is -0.385 e. The van der Waals surface area contributed by atoms with Crippen LogP contribution in [0.15, 0.2) is 18.2 Å². The summed E-state index contributed by atoms with van der Waals surface area (Å²) < 4.78 is 0. The van der Waals surface area contributed by atoms with Gasteiger partial charge in [-0.15, -0.1) is 0 Å². The van der Waals surface area contributed by atoms with Gasteiger partial charge >= 0.3 is 0 Å². The van der Waals surface area contributed by atoms with Crippen molar-refractivity contribution in [3.8, 4) is 0 Å². The summed E-state index contributed by atoms with van der Waals surface area (Å²) in [6.45, 7) is 8.98. The van der Waals surface area contributed by atoms with Crippen LogP contribution in [-0.2, 0) is 0 Å². The van der Waals surface area contributed by atoms with Crippen LogP contribution in [0.3, 0.4) is 0 Å². The van der Waals surface area contributed by atoms with Crippen LogP contribution >= 0.6 is 0 Å². The van der Waals surface area contributed by atoms with Crippen LogP contribution in [0.4, 0.5) is 5.69 Å². The molecule has 1 aromatic rings. The van der Waals surface area contributed by atoms with E-state index in [1.54, 1.807) is 0 Å². The standard InChI is InChI=1S/C11H16N/c1-4-7-12-11-6-5-9(2)10(3)8-11/h5-6,8,12H,1,4,7H2,2-3H3. The van der Waals surface area contributed by atoms with Crippen LogP contribution in [0, 0.1) is 20.8 Å². The van der Waals surface area contributed by atoms with Crippen molar-refractivity contribution < 1.29 is 0 Å². The second kappa shape index (κ2) is 4.15. The summed E-state index contributed by atoms with van der Waals surface area (Å²) in [5, 5.41) is 3.30. The molecule has 0 aliphatic rings. The van der Waals surface area contributed by atoms with Crippen LogP contribution in [0.25, 0.3) is 0 Å². The van der Waals surface area contributed by atoms with Crippen molar-refractivity contribution >= 4 is 5.69 Å². The third kappa shape index (κ3) is 2.26. The summed E-state index contributed by atoms with van der Waals surface area (Å²) in [4.78, 5) is 0. The molecule has 12 heavy (non-hydrogen) atoms. The fourth-order valence-electron chi connectivity index (χ4n) is 1.08. The lowest BCUT2D eigenvalue weighted by Crippen LogP contribution is -1.99. The van der Waals surface area contributed by atoms with Crippen LogP contribution in [-0.4, -0.2) is 6.54 Å². The minimum absolute atomic E-state index is 0.924. The highest BCUT2D eigenvalue weighted by Crippen LogP contribution is 2.13. The van der Waals surface area contributed by atoms with Crippen molar-refractivity contribution in [1.82, 2.24) is 0 Å². The number of hydrogen-bond donors (Lipinski definition) is 1. The van der Waals surface area contributed by atoms with Gasteiger partial charge in [0, 0.05) is 12.2 Å². The molecular formula is C11H16N. The Kier molecular flexibility index (Phi) is 3.15. The summed E-state index contributed by atoms with van der Waals surface area (Å²) >= 11 is 0. The van der Waals surface area contributed by atoms with Gasteiger partial charge in [-0.25, -0.2) is 0 Å². The monoisotopic (exact) mass is 162 g/mol. The van der Waals surface area contributed by atoms with E-state index in [4.69, 9.17) is 0 Å². The van der Waals surface area contributed by atoms with E-state index >= 15 is 0 Å². The van der Waals surface area contributed by atoms with Crippen molar-refractivity contribution in [3.63, 3.8) is 0 Å². The van der Waals surface area contributed by atoms with E-state index in [2.05, 4.69) is 44.3 Å². The SMILES string of the molecule is [CH2]CCNc1ccc(C)c(C)c1. The third-order valence-corrected chi connectivity index (χ3v) is 2.01. The Labute approximate surface area is 74.8 Å². The van der Waals surface area contributed by atoms with Gasteiger partial charge < -0.3 is 5.32 Å². The summed E-state index contributed by atoms with van der Waals surface area (Å²) in [7, 11) is 0. The molecule has 1 radical (unpaired) electrons. The first-order chi connectivity index (χ1) is 5.74. The molecule has 1 rings (SSSR count). The first kappa shape index (κ1) is 9.11. The second-order valence-electron chi connectivity index (χ2n) is 3.08. The number of benzene rings is 1. The Hall–Kier alpha value is -0.980. The Morgan fingerprint density at radius 1 is 1.25 bits per heavy atom. The van der Waals surface area contributed by atoms with Gasteiger partial charge in [0.2, 0.25) is 0 Å². The van der Waals surface area contributed by atoms with Gasteiger partial charge in [0.15, 0.2) is 0 Å². The van der Waals surface area contributed by atoms with Gasteiger partial charge in [-0.3, -0.25) is 0 Å². The number of hydrogen-bond acceptors (Lipinski definition) is 1. The Morgan fingerprint density at radius 3 is 2.58 bits per heavy atom. The highest BCUT2D eigenvalue weighted by molar-refractivity contribution is 5.47. The summed E-state index contributed by atoms with van der Waals surface area (Å²) in [5.74, 6) is 0. The molecule has 0 spiro atoms. The van der Waals surface area contributed by atoms with Gasteiger partial charge in [-0.05, 0) is 43.5 Å². The van der Waals surface area contributed by atoms with E-state index < -0.39 is 0 Å². The quantitative estimate of drug-likeness (QED) is 0.720. The molecule has 0 atom stereocenters. The number of anilines is 1. The number of nitrogens with one attached hydrogen (secondary N) is 1. The summed E-state index contributed by atoms with van der Waals surface area (Å²) in [6.07, 6.45) is 0.924. The predicted octanol–water partition coefficient (Wildman–Crippen LogP) is 2.94. The fraction of sp³-hybridized carbons (Fsp3) is 0.364. The Balaban J connectivity index is 2.69. The molecule has 1 N–H and O–H groups in total. The average molecular weight is 162 g/mol. The maximum atomic E-state index is 3.78. The minimum atomic E-state index is 0.924. The summed E-state index contributed by atoms with van der Waals surface area (Å²) in [5.41, 5.74) is 3.88. The molecular weight excluding hydrogens is 146 g/mol. The molecule has 0 amide bonds. The largest absolute Gasteiger partial charge is 0.385 e. The highest BCUT2D eigenvalue weighted by atomic mass is 14.9. The normalized spacial score (nSPS) is 9.92. The molecule has 1 nitrogen and oxygen atoms in total. The van der Waals surface area contributed by atoms with Crippen LogP contribution in [0.1, 0.15) is 17.5 Å². The van der Waals surface area contributed by atoms with Crippen LogP contribution < -0.4 is 5.32 Å². The van der Waals surface area contributed by atoms with Crippen LogP contribution in [0.2, 0.25) is 0 Å². The van der Waals surface area contributed by atoms with E-state index in [1.165, 1.54) is 16.8 Å². The fourth-order valence-corrected chi connectivity index (χ4v) is 1.08. The lowest BCUT2D eigenvalue weighted by atomic mass is 10.1. The van der Waals surface area contributed by atoms with Crippen molar-refractivity contribution in [2.45, 2.75) is 20.3 Å². The third-order valence-electron chi connectivity index (χ3n) is 2.01. The molecule has 0 bridgehead atoms. The zero-order valence-electron chi connectivity index (χ0n) is 7.85. The van der Waals surface area contributed by atoms with Crippen molar-refractivity contribution in [1.29, 1.82) is 0 Å². The molecule has 65 valence electrons. The molecule has 1 aromatic carbocycles. The molecule has 0 aliphatic heterocycles.